The van der Waals surface area contributed by atoms with Crippen LogP contribution in [0.2, 0.25) is 0 Å². The van der Waals surface area contributed by atoms with Crippen LogP contribution in [0, 0.1) is 0 Å². The standard InChI is InChI=1S/C24H28N8O4/c1-30-6-8-32(9-7-30)14-10-16(23(34)35)21(36-3)17(11-14)27-24-26-12-13-4-5-15-19(22(25)33)29-31(2)20(15)18(13)28-24/h10-12H,4-9H2,1-3H3,(H2,25,33)(H,34,35)(H,26,27,28). The maximum Gasteiger partial charge on any atom is 0.339 e. The summed E-state index contributed by atoms with van der Waals surface area (Å²) in [4.78, 5) is 37.5. The zero-order valence-electron chi connectivity index (χ0n) is 20.4. The molecule has 3 aromatic rings. The average Bonchev–Trinajstić information content (AvgIpc) is 3.21. The maximum atomic E-state index is 12.1. The molecule has 5 rings (SSSR count). The highest BCUT2D eigenvalue weighted by Gasteiger charge is 2.28. The Labute approximate surface area is 207 Å². The summed E-state index contributed by atoms with van der Waals surface area (Å²) in [5.41, 5.74) is 10.1. The Morgan fingerprint density at radius 3 is 2.56 bits per heavy atom. The summed E-state index contributed by atoms with van der Waals surface area (Å²) in [6, 6.07) is 3.50. The molecule has 0 atom stereocenters. The van der Waals surface area contributed by atoms with E-state index in [-0.39, 0.29) is 23.0 Å². The van der Waals surface area contributed by atoms with Gasteiger partial charge in [-0.05, 0) is 37.6 Å². The van der Waals surface area contributed by atoms with Gasteiger partial charge in [0.15, 0.2) is 11.4 Å². The van der Waals surface area contributed by atoms with Gasteiger partial charge in [-0.15, -0.1) is 0 Å². The Balaban J connectivity index is 1.55. The molecule has 12 heteroatoms. The van der Waals surface area contributed by atoms with Crippen LogP contribution >= 0.6 is 0 Å². The molecule has 36 heavy (non-hydrogen) atoms. The molecule has 1 aliphatic carbocycles. The molecule has 0 spiro atoms. The summed E-state index contributed by atoms with van der Waals surface area (Å²) < 4.78 is 7.11. The fourth-order valence-corrected chi connectivity index (χ4v) is 4.87. The van der Waals surface area contributed by atoms with Crippen molar-refractivity contribution in [3.05, 3.63) is 40.7 Å². The number of nitrogens with two attached hydrogens (primary N) is 1. The van der Waals surface area contributed by atoms with Crippen molar-refractivity contribution in [2.45, 2.75) is 12.8 Å². The van der Waals surface area contributed by atoms with E-state index < -0.39 is 11.9 Å². The summed E-state index contributed by atoms with van der Waals surface area (Å²) >= 11 is 0. The number of aryl methyl sites for hydroxylation is 2. The maximum absolute atomic E-state index is 12.1. The predicted octanol–water partition coefficient (Wildman–Crippen LogP) is 1.28. The third-order valence-corrected chi connectivity index (χ3v) is 6.73. The fraction of sp³-hybridized carbons (Fsp3) is 0.375. The first-order valence-electron chi connectivity index (χ1n) is 11.6. The van der Waals surface area contributed by atoms with Crippen LogP contribution in [0.15, 0.2) is 18.3 Å². The number of carboxylic acid groups (broad SMARTS) is 1. The van der Waals surface area contributed by atoms with Gasteiger partial charge in [-0.2, -0.15) is 5.10 Å². The highest BCUT2D eigenvalue weighted by molar-refractivity contribution is 5.96. The molecule has 4 N–H and O–H groups in total. The highest BCUT2D eigenvalue weighted by Crippen LogP contribution is 2.38. The number of anilines is 3. The van der Waals surface area contributed by atoms with Crippen molar-refractivity contribution in [3.8, 4) is 17.1 Å². The van der Waals surface area contributed by atoms with Crippen molar-refractivity contribution in [1.29, 1.82) is 0 Å². The van der Waals surface area contributed by atoms with Crippen molar-refractivity contribution in [2.24, 2.45) is 12.8 Å². The first-order valence-corrected chi connectivity index (χ1v) is 11.6. The number of rotatable bonds is 6. The minimum absolute atomic E-state index is 0.0504. The Hall–Kier alpha value is -4.19. The molecule has 1 fully saturated rings. The lowest BCUT2D eigenvalue weighted by molar-refractivity contribution is 0.0693. The summed E-state index contributed by atoms with van der Waals surface area (Å²) in [5, 5.41) is 17.4. The molecule has 1 aliphatic heterocycles. The van der Waals surface area contributed by atoms with Crippen molar-refractivity contribution >= 4 is 29.2 Å². The number of nitrogens with one attached hydrogen (secondary N) is 1. The van der Waals surface area contributed by atoms with Crippen LogP contribution < -0.4 is 20.7 Å². The van der Waals surface area contributed by atoms with Crippen molar-refractivity contribution < 1.29 is 19.4 Å². The molecular weight excluding hydrogens is 464 g/mol. The topological polar surface area (TPSA) is 152 Å². The second-order valence-electron chi connectivity index (χ2n) is 9.03. The van der Waals surface area contributed by atoms with E-state index in [1.54, 1.807) is 24.0 Å². The third-order valence-electron chi connectivity index (χ3n) is 6.73. The number of aromatic nitrogens is 4. The second kappa shape index (κ2) is 9.11. The molecule has 12 nitrogen and oxygen atoms in total. The number of fused-ring (bicyclic) bond motifs is 3. The lowest BCUT2D eigenvalue weighted by atomic mass is 9.93. The zero-order chi connectivity index (χ0) is 25.6. The van der Waals surface area contributed by atoms with Gasteiger partial charge in [0.1, 0.15) is 5.56 Å². The quantitative estimate of drug-likeness (QED) is 0.459. The summed E-state index contributed by atoms with van der Waals surface area (Å²) in [7, 11) is 5.25. The van der Waals surface area contributed by atoms with Gasteiger partial charge in [-0.3, -0.25) is 9.48 Å². The molecule has 0 bridgehead atoms. The van der Waals surface area contributed by atoms with E-state index in [1.165, 1.54) is 7.11 Å². The summed E-state index contributed by atoms with van der Waals surface area (Å²) in [5.74, 6) is -1.20. The SMILES string of the molecule is COc1c(Nc2ncc3c(n2)-c2c(c(C(N)=O)nn2C)CC3)cc(N2CCN(C)CC2)cc1C(=O)O. The highest BCUT2D eigenvalue weighted by atomic mass is 16.5. The number of carboxylic acids is 1. The average molecular weight is 493 g/mol. The van der Waals surface area contributed by atoms with E-state index in [9.17, 15) is 14.7 Å². The third kappa shape index (κ3) is 4.09. The summed E-state index contributed by atoms with van der Waals surface area (Å²) in [6.07, 6.45) is 3.01. The number of benzene rings is 1. The van der Waals surface area contributed by atoms with Crippen LogP contribution in [0.1, 0.15) is 32.0 Å². The number of aromatic carboxylic acids is 1. The molecule has 0 unspecified atom stereocenters. The van der Waals surface area contributed by atoms with Crippen molar-refractivity contribution in [3.63, 3.8) is 0 Å². The number of nitrogens with zero attached hydrogens (tertiary/aromatic N) is 6. The Morgan fingerprint density at radius 2 is 1.89 bits per heavy atom. The number of carbonyl (C=O) groups is 2. The molecule has 1 amide bonds. The number of piperazine rings is 1. The van der Waals surface area contributed by atoms with Gasteiger partial charge in [0, 0.05) is 50.7 Å². The Morgan fingerprint density at radius 1 is 1.14 bits per heavy atom. The molecule has 2 aromatic heterocycles. The largest absolute Gasteiger partial charge is 0.494 e. The van der Waals surface area contributed by atoms with Crippen LogP contribution in [-0.2, 0) is 19.9 Å². The van der Waals surface area contributed by atoms with Crippen LogP contribution in [0.25, 0.3) is 11.4 Å². The molecule has 3 heterocycles. The minimum Gasteiger partial charge on any atom is -0.494 e. The van der Waals surface area contributed by atoms with Gasteiger partial charge >= 0.3 is 5.97 Å². The number of carbonyl (C=O) groups excluding carboxylic acids is 1. The van der Waals surface area contributed by atoms with Crippen LogP contribution in [0.4, 0.5) is 17.3 Å². The van der Waals surface area contributed by atoms with Gasteiger partial charge in [0.05, 0.1) is 24.2 Å². The van der Waals surface area contributed by atoms with Crippen molar-refractivity contribution in [1.82, 2.24) is 24.6 Å². The first-order chi connectivity index (χ1) is 17.3. The number of amides is 1. The zero-order valence-corrected chi connectivity index (χ0v) is 20.4. The second-order valence-corrected chi connectivity index (χ2v) is 9.03. The monoisotopic (exact) mass is 492 g/mol. The molecule has 0 saturated carbocycles. The molecule has 188 valence electrons. The lowest BCUT2D eigenvalue weighted by Gasteiger charge is -2.34. The summed E-state index contributed by atoms with van der Waals surface area (Å²) in [6.45, 7) is 3.32. The number of ether oxygens (including phenoxy) is 1. The molecule has 1 saturated heterocycles. The van der Waals surface area contributed by atoms with Crippen LogP contribution in [-0.4, -0.2) is 82.0 Å². The van der Waals surface area contributed by atoms with Crippen molar-refractivity contribution in [2.75, 3.05) is 50.6 Å². The van der Waals surface area contributed by atoms with Gasteiger partial charge in [0.2, 0.25) is 5.95 Å². The fourth-order valence-electron chi connectivity index (χ4n) is 4.87. The number of hydrogen-bond donors (Lipinski definition) is 3. The minimum atomic E-state index is -1.09. The van der Waals surface area contributed by atoms with Crippen LogP contribution in [0.3, 0.4) is 0 Å². The first kappa shape index (κ1) is 23.5. The van der Waals surface area contributed by atoms with E-state index in [2.05, 4.69) is 32.2 Å². The van der Waals surface area contributed by atoms with E-state index in [0.29, 0.717) is 24.2 Å². The van der Waals surface area contributed by atoms with Crippen LogP contribution in [0.5, 0.6) is 5.75 Å². The van der Waals surface area contributed by atoms with Gasteiger partial charge in [-0.1, -0.05) is 0 Å². The number of methoxy groups -OCH3 is 1. The van der Waals surface area contributed by atoms with Gasteiger partial charge < -0.3 is 30.7 Å². The normalized spacial score (nSPS) is 15.2. The van der Waals surface area contributed by atoms with E-state index in [4.69, 9.17) is 15.5 Å². The lowest BCUT2D eigenvalue weighted by Crippen LogP contribution is -2.44. The molecule has 0 radical (unpaired) electrons. The van der Waals surface area contributed by atoms with E-state index in [0.717, 1.165) is 48.7 Å². The van der Waals surface area contributed by atoms with E-state index in [1.807, 2.05) is 6.07 Å². The van der Waals surface area contributed by atoms with E-state index >= 15 is 0 Å². The Kier molecular flexibility index (Phi) is 5.96. The molecular formula is C24H28N8O4. The van der Waals surface area contributed by atoms with Gasteiger partial charge in [-0.25, -0.2) is 14.8 Å². The smallest absolute Gasteiger partial charge is 0.339 e. The Bertz CT molecular complexity index is 1360. The molecule has 1 aromatic carbocycles. The number of hydrogen-bond acceptors (Lipinski definition) is 9. The number of primary amides is 1. The molecule has 2 aliphatic rings. The predicted molar refractivity (Wildman–Crippen MR) is 133 cm³/mol. The van der Waals surface area contributed by atoms with Gasteiger partial charge in [0.25, 0.3) is 5.91 Å². The number of likely N-dealkylation sites (N-methyl/N-ethyl adjacent to an activating group) is 1.